The molecule has 0 heterocycles. The third-order valence-corrected chi connectivity index (χ3v) is 4.69. The molecule has 19 heavy (non-hydrogen) atoms. The Hall–Kier alpha value is -1.58. The minimum Gasteiger partial charge on any atom is -0.481 e. The molecule has 1 rings (SSSR count). The second-order valence-electron chi connectivity index (χ2n) is 5.44. The quantitative estimate of drug-likeness (QED) is 0.724. The number of carbonyl (C=O) groups is 2. The van der Waals surface area contributed by atoms with E-state index >= 15 is 0 Å². The van der Waals surface area contributed by atoms with Crippen molar-refractivity contribution in [3.63, 3.8) is 0 Å². The topological polar surface area (TPSA) is 74.6 Å². The molecular weight excluding hydrogens is 244 g/mol. The minimum absolute atomic E-state index is 0.170. The third kappa shape index (κ3) is 2.09. The van der Waals surface area contributed by atoms with Crippen LogP contribution in [0.25, 0.3) is 0 Å². The average Bonchev–Trinajstić information content (AvgIpc) is 2.33. The summed E-state index contributed by atoms with van der Waals surface area (Å²) in [5.41, 5.74) is -2.58. The van der Waals surface area contributed by atoms with Gasteiger partial charge in [-0.2, -0.15) is 0 Å². The van der Waals surface area contributed by atoms with Crippen LogP contribution in [0.5, 0.6) is 0 Å². The van der Waals surface area contributed by atoms with Crippen molar-refractivity contribution in [1.82, 2.24) is 0 Å². The Balaban J connectivity index is 3.51. The molecule has 1 aliphatic rings. The van der Waals surface area contributed by atoms with E-state index in [1.54, 1.807) is 0 Å². The summed E-state index contributed by atoms with van der Waals surface area (Å²) in [6.45, 7) is 9.06. The zero-order valence-corrected chi connectivity index (χ0v) is 11.4. The minimum atomic E-state index is -1.30. The van der Waals surface area contributed by atoms with Crippen molar-refractivity contribution in [1.29, 1.82) is 0 Å². The lowest BCUT2D eigenvalue weighted by molar-refractivity contribution is -0.186. The first-order valence-electron chi connectivity index (χ1n) is 6.57. The Labute approximate surface area is 113 Å². The molecule has 1 aliphatic carbocycles. The SMILES string of the molecule is C=CC[C@@]1(C(=O)O)CCCC(C)[C@]1(CC=C)C(=O)O. The maximum Gasteiger partial charge on any atom is 0.311 e. The lowest BCUT2D eigenvalue weighted by Gasteiger charge is -2.51. The lowest BCUT2D eigenvalue weighted by atomic mass is 9.49. The number of aliphatic carboxylic acids is 2. The van der Waals surface area contributed by atoms with Crippen LogP contribution < -0.4 is 0 Å². The monoisotopic (exact) mass is 266 g/mol. The van der Waals surface area contributed by atoms with Gasteiger partial charge in [-0.3, -0.25) is 9.59 Å². The molecule has 2 N–H and O–H groups in total. The van der Waals surface area contributed by atoms with Crippen molar-refractivity contribution in [3.8, 4) is 0 Å². The number of rotatable bonds is 6. The van der Waals surface area contributed by atoms with Crippen LogP contribution in [0.2, 0.25) is 0 Å². The molecule has 0 amide bonds. The number of hydrogen-bond donors (Lipinski definition) is 2. The normalized spacial score (nSPS) is 34.5. The van der Waals surface area contributed by atoms with E-state index < -0.39 is 22.8 Å². The highest BCUT2D eigenvalue weighted by atomic mass is 16.4. The Morgan fingerprint density at radius 3 is 2.21 bits per heavy atom. The zero-order chi connectivity index (χ0) is 14.7. The van der Waals surface area contributed by atoms with Crippen LogP contribution in [0.15, 0.2) is 25.3 Å². The molecule has 1 fully saturated rings. The predicted molar refractivity (Wildman–Crippen MR) is 72.8 cm³/mol. The van der Waals surface area contributed by atoms with Crippen molar-refractivity contribution in [2.75, 3.05) is 0 Å². The number of carboxylic acid groups (broad SMARTS) is 2. The molecule has 0 aromatic carbocycles. The highest BCUT2D eigenvalue weighted by molar-refractivity contribution is 5.87. The molecular formula is C15H22O4. The van der Waals surface area contributed by atoms with Crippen LogP contribution in [0.3, 0.4) is 0 Å². The standard InChI is InChI=1S/C15H22O4/c1-4-8-14(12(16)17)10-6-7-11(3)15(14,9-5-2)13(18)19/h4-5,11H,1-2,6-10H2,3H3,(H,16,17)(H,18,19)/t11?,14-,15+/m0/s1. The van der Waals surface area contributed by atoms with Gasteiger partial charge in [-0.25, -0.2) is 0 Å². The van der Waals surface area contributed by atoms with Crippen LogP contribution in [-0.2, 0) is 9.59 Å². The summed E-state index contributed by atoms with van der Waals surface area (Å²) in [5.74, 6) is -2.28. The van der Waals surface area contributed by atoms with Gasteiger partial charge in [0.25, 0.3) is 0 Å². The molecule has 0 radical (unpaired) electrons. The molecule has 0 saturated heterocycles. The van der Waals surface area contributed by atoms with Gasteiger partial charge in [0.2, 0.25) is 0 Å². The highest BCUT2D eigenvalue weighted by Gasteiger charge is 2.63. The molecule has 4 nitrogen and oxygen atoms in total. The Kier molecular flexibility index (Phi) is 4.56. The van der Waals surface area contributed by atoms with E-state index in [4.69, 9.17) is 0 Å². The van der Waals surface area contributed by atoms with Crippen LogP contribution in [0.1, 0.15) is 39.0 Å². The Morgan fingerprint density at radius 1 is 1.21 bits per heavy atom. The fourth-order valence-electron chi connectivity index (χ4n) is 3.69. The van der Waals surface area contributed by atoms with E-state index in [0.717, 1.165) is 12.8 Å². The van der Waals surface area contributed by atoms with E-state index in [1.165, 1.54) is 12.2 Å². The number of hydrogen-bond acceptors (Lipinski definition) is 2. The number of allylic oxidation sites excluding steroid dienone is 2. The summed E-state index contributed by atoms with van der Waals surface area (Å²) < 4.78 is 0. The Morgan fingerprint density at radius 2 is 1.79 bits per heavy atom. The molecule has 1 unspecified atom stereocenters. The van der Waals surface area contributed by atoms with Gasteiger partial charge in [-0.1, -0.05) is 25.5 Å². The van der Waals surface area contributed by atoms with Gasteiger partial charge in [0.15, 0.2) is 0 Å². The van der Waals surface area contributed by atoms with Gasteiger partial charge < -0.3 is 10.2 Å². The summed E-state index contributed by atoms with van der Waals surface area (Å²) in [4.78, 5) is 23.8. The highest BCUT2D eigenvalue weighted by Crippen LogP contribution is 2.58. The van der Waals surface area contributed by atoms with Gasteiger partial charge in [0.1, 0.15) is 0 Å². The molecule has 0 aromatic rings. The first-order chi connectivity index (χ1) is 8.89. The van der Waals surface area contributed by atoms with Crippen LogP contribution in [0, 0.1) is 16.7 Å². The van der Waals surface area contributed by atoms with Crippen molar-refractivity contribution in [2.45, 2.75) is 39.0 Å². The van der Waals surface area contributed by atoms with E-state index in [-0.39, 0.29) is 18.8 Å². The molecule has 0 bridgehead atoms. The molecule has 3 atom stereocenters. The average molecular weight is 266 g/mol. The fraction of sp³-hybridized carbons (Fsp3) is 0.600. The molecule has 0 aliphatic heterocycles. The van der Waals surface area contributed by atoms with Crippen LogP contribution >= 0.6 is 0 Å². The maximum absolute atomic E-state index is 11.9. The first-order valence-corrected chi connectivity index (χ1v) is 6.57. The van der Waals surface area contributed by atoms with E-state index in [9.17, 15) is 19.8 Å². The summed E-state index contributed by atoms with van der Waals surface area (Å²) in [6, 6.07) is 0. The number of carboxylic acids is 2. The predicted octanol–water partition coefficient (Wildman–Crippen LogP) is 3.10. The second-order valence-corrected chi connectivity index (χ2v) is 5.44. The van der Waals surface area contributed by atoms with Crippen molar-refractivity contribution in [2.24, 2.45) is 16.7 Å². The van der Waals surface area contributed by atoms with Gasteiger partial charge in [0, 0.05) is 0 Å². The lowest BCUT2D eigenvalue weighted by Crippen LogP contribution is -2.57. The van der Waals surface area contributed by atoms with Crippen molar-refractivity contribution < 1.29 is 19.8 Å². The zero-order valence-electron chi connectivity index (χ0n) is 11.4. The largest absolute Gasteiger partial charge is 0.481 e. The molecule has 4 heteroatoms. The van der Waals surface area contributed by atoms with E-state index in [2.05, 4.69) is 13.2 Å². The summed E-state index contributed by atoms with van der Waals surface area (Å²) >= 11 is 0. The molecule has 1 saturated carbocycles. The van der Waals surface area contributed by atoms with E-state index in [0.29, 0.717) is 6.42 Å². The summed E-state index contributed by atoms with van der Waals surface area (Å²) in [6.07, 6.45) is 5.22. The van der Waals surface area contributed by atoms with Crippen molar-refractivity contribution in [3.05, 3.63) is 25.3 Å². The summed E-state index contributed by atoms with van der Waals surface area (Å²) in [7, 11) is 0. The van der Waals surface area contributed by atoms with Gasteiger partial charge in [-0.05, 0) is 31.6 Å². The van der Waals surface area contributed by atoms with Gasteiger partial charge in [-0.15, -0.1) is 13.2 Å². The van der Waals surface area contributed by atoms with Crippen molar-refractivity contribution >= 4 is 11.9 Å². The third-order valence-electron chi connectivity index (χ3n) is 4.69. The van der Waals surface area contributed by atoms with Gasteiger partial charge >= 0.3 is 11.9 Å². The van der Waals surface area contributed by atoms with Crippen LogP contribution in [0.4, 0.5) is 0 Å². The second kappa shape index (κ2) is 5.59. The van der Waals surface area contributed by atoms with Gasteiger partial charge in [0.05, 0.1) is 10.8 Å². The summed E-state index contributed by atoms with van der Waals surface area (Å²) in [5, 5.41) is 19.5. The maximum atomic E-state index is 11.9. The van der Waals surface area contributed by atoms with E-state index in [1.807, 2.05) is 6.92 Å². The molecule has 0 spiro atoms. The smallest absolute Gasteiger partial charge is 0.311 e. The molecule has 106 valence electrons. The first kappa shape index (κ1) is 15.5. The Bertz CT molecular complexity index is 401. The fourth-order valence-corrected chi connectivity index (χ4v) is 3.69. The van der Waals surface area contributed by atoms with Crippen LogP contribution in [-0.4, -0.2) is 22.2 Å². The molecule has 0 aromatic heterocycles.